The number of nitrogens with one attached hydrogen (secondary N) is 1. The maximum atomic E-state index is 6.16. The van der Waals surface area contributed by atoms with Gasteiger partial charge in [0, 0.05) is 0 Å². The van der Waals surface area contributed by atoms with Crippen molar-refractivity contribution in [1.29, 1.82) is 0 Å². The zero-order chi connectivity index (χ0) is 14.4. The Morgan fingerprint density at radius 3 is 2.55 bits per heavy atom. The lowest BCUT2D eigenvalue weighted by molar-refractivity contribution is 0.634. The largest absolute Gasteiger partial charge is 0.377 e. The summed E-state index contributed by atoms with van der Waals surface area (Å²) in [5.41, 5.74) is 2.36. The third kappa shape index (κ3) is 4.00. The average Bonchev–Trinajstić information content (AvgIpc) is 2.48. The molecular weight excluding hydrogens is 334 g/mol. The van der Waals surface area contributed by atoms with Crippen LogP contribution in [0, 0.1) is 0 Å². The van der Waals surface area contributed by atoms with E-state index in [1.807, 2.05) is 12.1 Å². The fraction of sp³-hybridized carbons (Fsp3) is 0.294. The summed E-state index contributed by atoms with van der Waals surface area (Å²) >= 11 is 9.72. The van der Waals surface area contributed by atoms with E-state index >= 15 is 0 Å². The lowest BCUT2D eigenvalue weighted by atomic mass is 10.0. The molecule has 0 amide bonds. The zero-order valence-electron chi connectivity index (χ0n) is 11.6. The Morgan fingerprint density at radius 1 is 1.10 bits per heavy atom. The topological polar surface area (TPSA) is 12.0 Å². The third-order valence-corrected chi connectivity index (χ3v) is 4.73. The highest BCUT2D eigenvalue weighted by atomic mass is 79.9. The van der Waals surface area contributed by atoms with Gasteiger partial charge in [-0.15, -0.1) is 0 Å². The quantitative estimate of drug-likeness (QED) is 0.630. The van der Waals surface area contributed by atoms with E-state index in [1.54, 1.807) is 0 Å². The van der Waals surface area contributed by atoms with Crippen molar-refractivity contribution in [2.24, 2.45) is 0 Å². The monoisotopic (exact) mass is 351 g/mol. The van der Waals surface area contributed by atoms with Crippen LogP contribution in [0.15, 0.2) is 53.0 Å². The van der Waals surface area contributed by atoms with Crippen LogP contribution in [0.1, 0.15) is 37.8 Å². The van der Waals surface area contributed by atoms with E-state index in [4.69, 9.17) is 11.6 Å². The molecule has 1 atom stereocenters. The molecular formula is C17H19BrClN. The highest BCUT2D eigenvalue weighted by Crippen LogP contribution is 2.33. The molecule has 0 aromatic heterocycles. The van der Waals surface area contributed by atoms with Crippen LogP contribution in [-0.2, 0) is 0 Å². The smallest absolute Gasteiger partial charge is 0.0593 e. The second kappa shape index (κ2) is 7.70. The van der Waals surface area contributed by atoms with Crippen molar-refractivity contribution in [2.75, 3.05) is 5.32 Å². The van der Waals surface area contributed by atoms with E-state index in [2.05, 4.69) is 64.6 Å². The van der Waals surface area contributed by atoms with Gasteiger partial charge in [-0.3, -0.25) is 0 Å². The Morgan fingerprint density at radius 2 is 1.85 bits per heavy atom. The minimum Gasteiger partial charge on any atom is -0.377 e. The minimum atomic E-state index is 0.311. The first-order chi connectivity index (χ1) is 9.72. The molecule has 0 bridgehead atoms. The van der Waals surface area contributed by atoms with Crippen molar-refractivity contribution >= 4 is 33.2 Å². The highest BCUT2D eigenvalue weighted by molar-refractivity contribution is 9.10. The van der Waals surface area contributed by atoms with Crippen molar-refractivity contribution < 1.29 is 0 Å². The van der Waals surface area contributed by atoms with Crippen LogP contribution in [0.2, 0.25) is 5.02 Å². The lowest BCUT2D eigenvalue weighted by Gasteiger charge is -2.21. The van der Waals surface area contributed by atoms with Gasteiger partial charge in [0.1, 0.15) is 0 Å². The Hall–Kier alpha value is -0.990. The predicted octanol–water partition coefficient (Wildman–Crippen LogP) is 6.45. The van der Waals surface area contributed by atoms with Crippen LogP contribution in [0.3, 0.4) is 0 Å². The van der Waals surface area contributed by atoms with E-state index < -0.39 is 0 Å². The molecule has 2 rings (SSSR count). The normalized spacial score (nSPS) is 12.2. The molecule has 0 spiro atoms. The molecule has 0 saturated carbocycles. The van der Waals surface area contributed by atoms with E-state index in [9.17, 15) is 0 Å². The number of benzene rings is 2. The van der Waals surface area contributed by atoms with Crippen molar-refractivity contribution in [2.45, 2.75) is 32.2 Å². The summed E-state index contributed by atoms with van der Waals surface area (Å²) in [6, 6.07) is 16.8. The number of rotatable bonds is 6. The maximum absolute atomic E-state index is 6.16. The molecule has 1 unspecified atom stereocenters. The summed E-state index contributed by atoms with van der Waals surface area (Å²) in [6.07, 6.45) is 3.51. The summed E-state index contributed by atoms with van der Waals surface area (Å²) < 4.78 is 0.930. The van der Waals surface area contributed by atoms with Gasteiger partial charge in [0.05, 0.1) is 21.2 Å². The van der Waals surface area contributed by atoms with Crippen molar-refractivity contribution in [3.8, 4) is 0 Å². The van der Waals surface area contributed by atoms with Crippen LogP contribution in [0.4, 0.5) is 5.69 Å². The highest BCUT2D eigenvalue weighted by Gasteiger charge is 2.13. The molecule has 0 aliphatic heterocycles. The fourth-order valence-electron chi connectivity index (χ4n) is 2.22. The second-order valence-electron chi connectivity index (χ2n) is 4.85. The minimum absolute atomic E-state index is 0.311. The number of halogens is 2. The molecule has 20 heavy (non-hydrogen) atoms. The molecule has 0 heterocycles. The molecule has 106 valence electrons. The molecule has 1 nitrogen and oxygen atoms in total. The predicted molar refractivity (Wildman–Crippen MR) is 91.5 cm³/mol. The molecule has 2 aromatic carbocycles. The van der Waals surface area contributed by atoms with Gasteiger partial charge >= 0.3 is 0 Å². The molecule has 0 fully saturated rings. The number of hydrogen-bond donors (Lipinski definition) is 1. The molecule has 3 heteroatoms. The maximum Gasteiger partial charge on any atom is 0.0593 e. The van der Waals surface area contributed by atoms with E-state index in [-0.39, 0.29) is 0 Å². The lowest BCUT2D eigenvalue weighted by Crippen LogP contribution is -2.11. The SMILES string of the molecule is CCCCC(Nc1cccc(Cl)c1Br)c1ccccc1. The first-order valence-electron chi connectivity index (χ1n) is 6.98. The Kier molecular flexibility index (Phi) is 5.93. The fourth-order valence-corrected chi connectivity index (χ4v) is 2.77. The van der Waals surface area contributed by atoms with Gasteiger partial charge < -0.3 is 5.32 Å². The van der Waals surface area contributed by atoms with Gasteiger partial charge in [-0.05, 0) is 40.0 Å². The first kappa shape index (κ1) is 15.4. The number of hydrogen-bond acceptors (Lipinski definition) is 1. The summed E-state index contributed by atoms with van der Waals surface area (Å²) in [4.78, 5) is 0. The van der Waals surface area contributed by atoms with Crippen molar-refractivity contribution in [3.63, 3.8) is 0 Å². The molecule has 0 saturated heterocycles. The van der Waals surface area contributed by atoms with Crippen LogP contribution in [0.5, 0.6) is 0 Å². The third-order valence-electron chi connectivity index (χ3n) is 3.33. The number of unbranched alkanes of at least 4 members (excludes halogenated alkanes) is 1. The van der Waals surface area contributed by atoms with Crippen LogP contribution in [-0.4, -0.2) is 0 Å². The van der Waals surface area contributed by atoms with Gasteiger partial charge in [-0.25, -0.2) is 0 Å². The van der Waals surface area contributed by atoms with Gasteiger partial charge in [-0.1, -0.05) is 67.8 Å². The summed E-state index contributed by atoms with van der Waals surface area (Å²) in [6.45, 7) is 2.22. The summed E-state index contributed by atoms with van der Waals surface area (Å²) in [7, 11) is 0. The molecule has 0 aliphatic carbocycles. The Bertz CT molecular complexity index is 542. The molecule has 0 aliphatic rings. The van der Waals surface area contributed by atoms with E-state index in [0.717, 1.165) is 21.6 Å². The Labute approximate surface area is 134 Å². The summed E-state index contributed by atoms with van der Waals surface area (Å²) in [5.74, 6) is 0. The molecule has 0 radical (unpaired) electrons. The molecule has 1 N–H and O–H groups in total. The van der Waals surface area contributed by atoms with Gasteiger partial charge in [-0.2, -0.15) is 0 Å². The van der Waals surface area contributed by atoms with Crippen molar-refractivity contribution in [1.82, 2.24) is 0 Å². The summed E-state index contributed by atoms with van der Waals surface area (Å²) in [5, 5.41) is 4.34. The molecule has 2 aromatic rings. The van der Waals surface area contributed by atoms with E-state index in [0.29, 0.717) is 6.04 Å². The van der Waals surface area contributed by atoms with Crippen LogP contribution < -0.4 is 5.32 Å². The Balaban J connectivity index is 2.21. The first-order valence-corrected chi connectivity index (χ1v) is 8.15. The second-order valence-corrected chi connectivity index (χ2v) is 6.05. The van der Waals surface area contributed by atoms with Crippen LogP contribution >= 0.6 is 27.5 Å². The average molecular weight is 353 g/mol. The van der Waals surface area contributed by atoms with Crippen molar-refractivity contribution in [3.05, 3.63) is 63.6 Å². The van der Waals surface area contributed by atoms with Gasteiger partial charge in [0.15, 0.2) is 0 Å². The number of anilines is 1. The van der Waals surface area contributed by atoms with E-state index in [1.165, 1.54) is 18.4 Å². The van der Waals surface area contributed by atoms with Gasteiger partial charge in [0.25, 0.3) is 0 Å². The van der Waals surface area contributed by atoms with Gasteiger partial charge in [0.2, 0.25) is 0 Å². The zero-order valence-corrected chi connectivity index (χ0v) is 13.9. The standard InChI is InChI=1S/C17H19BrClN/c1-2-3-11-15(13-8-5-4-6-9-13)20-16-12-7-10-14(19)17(16)18/h4-10,12,15,20H,2-3,11H2,1H3. The van der Waals surface area contributed by atoms with Crippen LogP contribution in [0.25, 0.3) is 0 Å².